The molecule has 0 aromatic heterocycles. The van der Waals surface area contributed by atoms with E-state index in [0.29, 0.717) is 0 Å². The quantitative estimate of drug-likeness (QED) is 0.751. The molecule has 0 saturated heterocycles. The molecule has 1 aromatic rings. The number of phenolic OH excluding ortho intramolecular Hbond substituents is 1. The molecule has 1 aliphatic rings. The zero-order chi connectivity index (χ0) is 9.10. The maximum Gasteiger partial charge on any atom is 0.117 e. The number of hydrogen-bond donors (Lipinski definition) is 2. The first-order valence-corrected chi connectivity index (χ1v) is 4.44. The van der Waals surface area contributed by atoms with Crippen LogP contribution in [0.4, 0.5) is 5.69 Å². The van der Waals surface area contributed by atoms with Gasteiger partial charge in [-0.25, -0.2) is 0 Å². The number of aromatic hydroxyl groups is 1. The van der Waals surface area contributed by atoms with Crippen LogP contribution in [0, 0.1) is 0 Å². The van der Waals surface area contributed by atoms with Crippen LogP contribution in [-0.2, 0) is 0 Å². The summed E-state index contributed by atoms with van der Waals surface area (Å²) in [6.07, 6.45) is 2.14. The van der Waals surface area contributed by atoms with Crippen molar-refractivity contribution in [1.29, 1.82) is 0 Å². The summed E-state index contributed by atoms with van der Waals surface area (Å²) < 4.78 is 0. The average molecular weight is 213 g/mol. The Kier molecular flexibility index (Phi) is 3.77. The summed E-state index contributed by atoms with van der Waals surface area (Å²) >= 11 is 0. The molecule has 2 rings (SSSR count). The maximum atomic E-state index is 9.21. The van der Waals surface area contributed by atoms with Crippen molar-refractivity contribution in [3.8, 4) is 5.75 Å². The van der Waals surface area contributed by atoms with Crippen molar-refractivity contribution in [2.75, 3.05) is 11.9 Å². The maximum absolute atomic E-state index is 9.21. The molecule has 2 N–H and O–H groups in total. The molecule has 3 nitrogen and oxygen atoms in total. The SMILES string of the molecule is Cl.Oc1cccc(NC2=NCCC2)c1. The van der Waals surface area contributed by atoms with Gasteiger partial charge >= 0.3 is 0 Å². The molecule has 0 amide bonds. The molecule has 0 aliphatic carbocycles. The van der Waals surface area contributed by atoms with Crippen LogP contribution < -0.4 is 5.32 Å². The van der Waals surface area contributed by atoms with Crippen LogP contribution in [0.15, 0.2) is 29.3 Å². The zero-order valence-corrected chi connectivity index (χ0v) is 8.55. The van der Waals surface area contributed by atoms with E-state index < -0.39 is 0 Å². The van der Waals surface area contributed by atoms with E-state index in [0.717, 1.165) is 30.9 Å². The second-order valence-electron chi connectivity index (χ2n) is 3.11. The molecule has 1 aliphatic heterocycles. The van der Waals surface area contributed by atoms with Gasteiger partial charge in [0.1, 0.15) is 11.6 Å². The van der Waals surface area contributed by atoms with Gasteiger partial charge < -0.3 is 10.4 Å². The number of nitrogens with zero attached hydrogens (tertiary/aromatic N) is 1. The summed E-state index contributed by atoms with van der Waals surface area (Å²) in [6, 6.07) is 7.08. The Morgan fingerprint density at radius 2 is 2.21 bits per heavy atom. The number of amidine groups is 1. The number of halogens is 1. The number of hydrogen-bond acceptors (Lipinski definition) is 3. The Labute approximate surface area is 89.3 Å². The van der Waals surface area contributed by atoms with Gasteiger partial charge in [0.15, 0.2) is 0 Å². The molecular weight excluding hydrogens is 200 g/mol. The predicted octanol–water partition coefficient (Wildman–Crippen LogP) is 2.42. The molecule has 4 heteroatoms. The summed E-state index contributed by atoms with van der Waals surface area (Å²) in [5.74, 6) is 1.30. The first-order chi connectivity index (χ1) is 6.34. The van der Waals surface area contributed by atoms with Crippen molar-refractivity contribution >= 4 is 23.9 Å². The highest BCUT2D eigenvalue weighted by Gasteiger charge is 2.05. The molecule has 14 heavy (non-hydrogen) atoms. The molecule has 1 aromatic carbocycles. The molecule has 0 fully saturated rings. The number of rotatable bonds is 1. The van der Waals surface area contributed by atoms with Crippen LogP contribution in [0.2, 0.25) is 0 Å². The van der Waals surface area contributed by atoms with E-state index in [1.165, 1.54) is 0 Å². The first-order valence-electron chi connectivity index (χ1n) is 4.44. The molecular formula is C10H13ClN2O. The summed E-state index contributed by atoms with van der Waals surface area (Å²) in [5, 5.41) is 12.4. The fourth-order valence-electron chi connectivity index (χ4n) is 1.39. The predicted molar refractivity (Wildman–Crippen MR) is 60.5 cm³/mol. The minimum absolute atomic E-state index is 0. The number of phenols is 1. The van der Waals surface area contributed by atoms with Crippen LogP contribution in [0.5, 0.6) is 5.75 Å². The van der Waals surface area contributed by atoms with E-state index in [4.69, 9.17) is 0 Å². The molecule has 0 radical (unpaired) electrons. The minimum atomic E-state index is 0. The molecule has 76 valence electrons. The summed E-state index contributed by atoms with van der Waals surface area (Å²) in [7, 11) is 0. The molecule has 0 bridgehead atoms. The second kappa shape index (κ2) is 4.86. The Morgan fingerprint density at radius 3 is 2.86 bits per heavy atom. The highest BCUT2D eigenvalue weighted by Crippen LogP contribution is 2.16. The van der Waals surface area contributed by atoms with Crippen molar-refractivity contribution < 1.29 is 5.11 Å². The summed E-state index contributed by atoms with van der Waals surface area (Å²) in [6.45, 7) is 0.918. The van der Waals surface area contributed by atoms with E-state index in [9.17, 15) is 5.11 Å². The van der Waals surface area contributed by atoms with Crippen molar-refractivity contribution in [3.05, 3.63) is 24.3 Å². The van der Waals surface area contributed by atoms with Crippen molar-refractivity contribution in [2.24, 2.45) is 4.99 Å². The van der Waals surface area contributed by atoms with E-state index in [2.05, 4.69) is 10.3 Å². The topological polar surface area (TPSA) is 44.6 Å². The number of aliphatic imine (C=N–C) groups is 1. The lowest BCUT2D eigenvalue weighted by Crippen LogP contribution is -2.07. The van der Waals surface area contributed by atoms with Crippen LogP contribution in [0.25, 0.3) is 0 Å². The van der Waals surface area contributed by atoms with E-state index in [1.54, 1.807) is 12.1 Å². The fraction of sp³-hybridized carbons (Fsp3) is 0.300. The number of anilines is 1. The van der Waals surface area contributed by atoms with Gasteiger partial charge in [0.05, 0.1) is 0 Å². The van der Waals surface area contributed by atoms with Gasteiger partial charge in [0, 0.05) is 24.7 Å². The molecule has 1 heterocycles. The summed E-state index contributed by atoms with van der Waals surface area (Å²) in [4.78, 5) is 4.28. The van der Waals surface area contributed by atoms with Gasteiger partial charge in [-0.1, -0.05) is 6.07 Å². The van der Waals surface area contributed by atoms with Crippen LogP contribution in [0.3, 0.4) is 0 Å². The monoisotopic (exact) mass is 212 g/mol. The Bertz CT molecular complexity index is 339. The molecule has 0 spiro atoms. The second-order valence-corrected chi connectivity index (χ2v) is 3.11. The van der Waals surface area contributed by atoms with E-state index in [-0.39, 0.29) is 18.2 Å². The zero-order valence-electron chi connectivity index (χ0n) is 7.73. The molecule has 0 saturated carbocycles. The van der Waals surface area contributed by atoms with Gasteiger partial charge in [-0.2, -0.15) is 0 Å². The Balaban J connectivity index is 0.000000980. The third-order valence-corrected chi connectivity index (χ3v) is 2.01. The van der Waals surface area contributed by atoms with Gasteiger partial charge in [0.2, 0.25) is 0 Å². The van der Waals surface area contributed by atoms with Crippen LogP contribution in [-0.4, -0.2) is 17.5 Å². The van der Waals surface area contributed by atoms with Crippen molar-refractivity contribution in [2.45, 2.75) is 12.8 Å². The van der Waals surface area contributed by atoms with Gasteiger partial charge in [-0.15, -0.1) is 12.4 Å². The number of nitrogens with one attached hydrogen (secondary N) is 1. The third kappa shape index (κ3) is 2.64. The Morgan fingerprint density at radius 1 is 1.36 bits per heavy atom. The van der Waals surface area contributed by atoms with Gasteiger partial charge in [-0.3, -0.25) is 4.99 Å². The van der Waals surface area contributed by atoms with E-state index >= 15 is 0 Å². The normalized spacial score (nSPS) is 14.4. The smallest absolute Gasteiger partial charge is 0.117 e. The van der Waals surface area contributed by atoms with Gasteiger partial charge in [0.25, 0.3) is 0 Å². The standard InChI is InChI=1S/C10H12N2O.ClH/c13-9-4-1-3-8(7-9)12-10-5-2-6-11-10;/h1,3-4,7,13H,2,5-6H2,(H,11,12);1H. The third-order valence-electron chi connectivity index (χ3n) is 2.01. The fourth-order valence-corrected chi connectivity index (χ4v) is 1.39. The van der Waals surface area contributed by atoms with Crippen LogP contribution >= 0.6 is 12.4 Å². The van der Waals surface area contributed by atoms with Crippen LogP contribution in [0.1, 0.15) is 12.8 Å². The lowest BCUT2D eigenvalue weighted by Gasteiger charge is -2.05. The first kappa shape index (κ1) is 10.9. The highest BCUT2D eigenvalue weighted by molar-refractivity contribution is 5.96. The largest absolute Gasteiger partial charge is 0.508 e. The van der Waals surface area contributed by atoms with E-state index in [1.807, 2.05) is 12.1 Å². The van der Waals surface area contributed by atoms with Crippen molar-refractivity contribution in [3.63, 3.8) is 0 Å². The highest BCUT2D eigenvalue weighted by atomic mass is 35.5. The lowest BCUT2D eigenvalue weighted by atomic mass is 10.3. The Hall–Kier alpha value is -1.22. The summed E-state index contributed by atoms with van der Waals surface area (Å²) in [5.41, 5.74) is 0.903. The number of benzene rings is 1. The van der Waals surface area contributed by atoms with Gasteiger partial charge in [-0.05, 0) is 18.6 Å². The average Bonchev–Trinajstić information content (AvgIpc) is 2.57. The molecule has 0 unspecified atom stereocenters. The van der Waals surface area contributed by atoms with Crippen molar-refractivity contribution in [1.82, 2.24) is 0 Å². The lowest BCUT2D eigenvalue weighted by molar-refractivity contribution is 0.475. The molecule has 0 atom stereocenters. The minimum Gasteiger partial charge on any atom is -0.508 e.